The average Bonchev–Trinajstić information content (AvgIpc) is 2.53. The largest absolute Gasteiger partial charge is 0.481 e. The second-order valence-corrected chi connectivity index (χ2v) is 5.45. The van der Waals surface area contributed by atoms with Gasteiger partial charge in [-0.25, -0.2) is 0 Å². The first-order chi connectivity index (χ1) is 7.50. The highest BCUT2D eigenvalue weighted by molar-refractivity contribution is 7.99. The summed E-state index contributed by atoms with van der Waals surface area (Å²) < 4.78 is 12.5. The number of hydrogen-bond donors (Lipinski definition) is 2. The van der Waals surface area contributed by atoms with E-state index in [0.29, 0.717) is 17.5 Å². The maximum absolute atomic E-state index is 10.9. The van der Waals surface area contributed by atoms with Crippen molar-refractivity contribution in [2.24, 2.45) is 0 Å². The summed E-state index contributed by atoms with van der Waals surface area (Å²) >= 11 is 1.04. The van der Waals surface area contributed by atoms with Gasteiger partial charge in [-0.2, -0.15) is 0 Å². The van der Waals surface area contributed by atoms with Crippen LogP contribution in [0.2, 0.25) is 0 Å². The first kappa shape index (κ1) is 13.0. The van der Waals surface area contributed by atoms with Gasteiger partial charge in [-0.15, -0.1) is 10.2 Å². The van der Waals surface area contributed by atoms with E-state index in [2.05, 4.69) is 10.2 Å². The SMILES string of the molecule is CS(=O)CCn1c(N)nnc1SCC(=O)O. The van der Waals surface area contributed by atoms with Gasteiger partial charge >= 0.3 is 5.97 Å². The molecular formula is C7H12N4O3S2. The van der Waals surface area contributed by atoms with Crippen molar-refractivity contribution < 1.29 is 14.1 Å². The van der Waals surface area contributed by atoms with Gasteiger partial charge in [-0.05, 0) is 0 Å². The Balaban J connectivity index is 2.69. The summed E-state index contributed by atoms with van der Waals surface area (Å²) in [6.07, 6.45) is 1.59. The molecule has 1 rings (SSSR count). The summed E-state index contributed by atoms with van der Waals surface area (Å²) in [6, 6.07) is 0. The Morgan fingerprint density at radius 2 is 2.31 bits per heavy atom. The lowest BCUT2D eigenvalue weighted by Crippen LogP contribution is -2.11. The number of aromatic nitrogens is 3. The molecular weight excluding hydrogens is 252 g/mol. The van der Waals surface area contributed by atoms with Gasteiger partial charge in [0.15, 0.2) is 5.16 Å². The van der Waals surface area contributed by atoms with Gasteiger partial charge in [0, 0.05) is 29.4 Å². The number of nitrogens with two attached hydrogens (primary N) is 1. The number of aliphatic carboxylic acids is 1. The van der Waals surface area contributed by atoms with E-state index in [1.165, 1.54) is 0 Å². The van der Waals surface area contributed by atoms with Crippen molar-refractivity contribution in [2.75, 3.05) is 23.5 Å². The Kier molecular flexibility index (Phi) is 4.74. The minimum atomic E-state index is -0.937. The van der Waals surface area contributed by atoms with Crippen LogP contribution in [0.4, 0.5) is 5.95 Å². The lowest BCUT2D eigenvalue weighted by molar-refractivity contribution is -0.133. The zero-order valence-electron chi connectivity index (χ0n) is 8.62. The zero-order chi connectivity index (χ0) is 12.1. The third-order valence-corrected chi connectivity index (χ3v) is 3.38. The third-order valence-electron chi connectivity index (χ3n) is 1.67. The zero-order valence-corrected chi connectivity index (χ0v) is 10.3. The second-order valence-electron chi connectivity index (χ2n) is 2.95. The average molecular weight is 264 g/mol. The summed E-state index contributed by atoms with van der Waals surface area (Å²) in [6.45, 7) is 0.421. The molecule has 9 heteroatoms. The minimum absolute atomic E-state index is 0.104. The Morgan fingerprint density at radius 3 is 2.88 bits per heavy atom. The number of carbonyl (C=O) groups is 1. The van der Waals surface area contributed by atoms with E-state index in [-0.39, 0.29) is 11.7 Å². The van der Waals surface area contributed by atoms with Gasteiger partial charge in [-0.3, -0.25) is 13.6 Å². The summed E-state index contributed by atoms with van der Waals surface area (Å²) in [7, 11) is -0.937. The Morgan fingerprint density at radius 1 is 1.62 bits per heavy atom. The Bertz CT molecular complexity index is 406. The highest BCUT2D eigenvalue weighted by Crippen LogP contribution is 2.17. The number of nitrogens with zero attached hydrogens (tertiary/aromatic N) is 3. The standard InChI is InChI=1S/C7H12N4O3S2/c1-16(14)3-2-11-6(8)9-10-7(11)15-4-5(12)13/h2-4H2,1H3,(H2,8,9)(H,12,13). The van der Waals surface area contributed by atoms with Crippen molar-refractivity contribution in [3.63, 3.8) is 0 Å². The van der Waals surface area contributed by atoms with Gasteiger partial charge in [0.2, 0.25) is 5.95 Å². The molecule has 0 aliphatic rings. The molecule has 1 unspecified atom stereocenters. The monoisotopic (exact) mass is 264 g/mol. The highest BCUT2D eigenvalue weighted by Gasteiger charge is 2.11. The first-order valence-electron chi connectivity index (χ1n) is 4.34. The summed E-state index contributed by atoms with van der Waals surface area (Å²) in [5.41, 5.74) is 5.56. The Labute approximate surface area is 98.9 Å². The first-order valence-corrected chi connectivity index (χ1v) is 7.05. The summed E-state index contributed by atoms with van der Waals surface area (Å²) in [4.78, 5) is 10.4. The fraction of sp³-hybridized carbons (Fsp3) is 0.571. The molecule has 1 heterocycles. The van der Waals surface area contributed by atoms with E-state index in [9.17, 15) is 9.00 Å². The van der Waals surface area contributed by atoms with E-state index in [1.807, 2.05) is 0 Å². The van der Waals surface area contributed by atoms with Crippen LogP contribution in [0.3, 0.4) is 0 Å². The number of thioether (sulfide) groups is 1. The van der Waals surface area contributed by atoms with Crippen LogP contribution in [-0.2, 0) is 22.1 Å². The van der Waals surface area contributed by atoms with Crippen molar-refractivity contribution in [1.29, 1.82) is 0 Å². The maximum atomic E-state index is 10.9. The normalized spacial score (nSPS) is 12.6. The van der Waals surface area contributed by atoms with Crippen LogP contribution in [0.15, 0.2) is 5.16 Å². The summed E-state index contributed by atoms with van der Waals surface area (Å²) in [5.74, 6) is -0.397. The number of anilines is 1. The van der Waals surface area contributed by atoms with Gasteiger partial charge in [-0.1, -0.05) is 11.8 Å². The molecule has 0 amide bonds. The van der Waals surface area contributed by atoms with Crippen molar-refractivity contribution in [2.45, 2.75) is 11.7 Å². The summed E-state index contributed by atoms with van der Waals surface area (Å²) in [5, 5.41) is 16.4. The van der Waals surface area contributed by atoms with Gasteiger partial charge in [0.05, 0.1) is 5.75 Å². The molecule has 0 radical (unpaired) electrons. The smallest absolute Gasteiger partial charge is 0.313 e. The molecule has 7 nitrogen and oxygen atoms in total. The molecule has 16 heavy (non-hydrogen) atoms. The van der Waals surface area contributed by atoms with Crippen LogP contribution in [0.5, 0.6) is 0 Å². The van der Waals surface area contributed by atoms with Gasteiger partial charge < -0.3 is 10.8 Å². The predicted molar refractivity (Wildman–Crippen MR) is 61.7 cm³/mol. The lowest BCUT2D eigenvalue weighted by Gasteiger charge is -2.05. The molecule has 0 bridgehead atoms. The maximum Gasteiger partial charge on any atom is 0.313 e. The van der Waals surface area contributed by atoms with Gasteiger partial charge in [0.25, 0.3) is 0 Å². The van der Waals surface area contributed by atoms with E-state index >= 15 is 0 Å². The van der Waals surface area contributed by atoms with Crippen LogP contribution in [0.1, 0.15) is 0 Å². The molecule has 0 saturated carbocycles. The number of hydrogen-bond acceptors (Lipinski definition) is 6. The van der Waals surface area contributed by atoms with E-state index < -0.39 is 16.8 Å². The van der Waals surface area contributed by atoms with E-state index in [1.54, 1.807) is 10.8 Å². The number of carboxylic acid groups (broad SMARTS) is 1. The topological polar surface area (TPSA) is 111 Å². The third kappa shape index (κ3) is 3.81. The van der Waals surface area contributed by atoms with Crippen LogP contribution >= 0.6 is 11.8 Å². The fourth-order valence-electron chi connectivity index (χ4n) is 0.963. The molecule has 0 spiro atoms. The molecule has 0 aliphatic carbocycles. The molecule has 0 saturated heterocycles. The minimum Gasteiger partial charge on any atom is -0.481 e. The molecule has 90 valence electrons. The molecule has 0 fully saturated rings. The predicted octanol–water partition coefficient (Wildman–Crippen LogP) is -0.584. The molecule has 0 aliphatic heterocycles. The van der Waals surface area contributed by atoms with Crippen LogP contribution in [0.25, 0.3) is 0 Å². The van der Waals surface area contributed by atoms with Crippen LogP contribution in [-0.4, -0.2) is 47.8 Å². The van der Waals surface area contributed by atoms with Crippen molar-refractivity contribution in [1.82, 2.24) is 14.8 Å². The molecule has 3 N–H and O–H groups in total. The van der Waals surface area contributed by atoms with Crippen LogP contribution in [0, 0.1) is 0 Å². The number of rotatable bonds is 6. The highest BCUT2D eigenvalue weighted by atomic mass is 32.2. The number of carboxylic acids is 1. The molecule has 1 aromatic heterocycles. The van der Waals surface area contributed by atoms with Crippen molar-refractivity contribution >= 4 is 34.5 Å². The second kappa shape index (κ2) is 5.85. The molecule has 1 aromatic rings. The molecule has 1 atom stereocenters. The molecule has 0 aromatic carbocycles. The van der Waals surface area contributed by atoms with Crippen molar-refractivity contribution in [3.05, 3.63) is 0 Å². The quantitative estimate of drug-likeness (QED) is 0.661. The number of nitrogen functional groups attached to an aromatic ring is 1. The van der Waals surface area contributed by atoms with E-state index in [0.717, 1.165) is 11.8 Å². The van der Waals surface area contributed by atoms with Crippen molar-refractivity contribution in [3.8, 4) is 0 Å². The van der Waals surface area contributed by atoms with Gasteiger partial charge in [0.1, 0.15) is 0 Å². The lowest BCUT2D eigenvalue weighted by atomic mass is 10.7. The Hall–Kier alpha value is -1.09. The van der Waals surface area contributed by atoms with E-state index in [4.69, 9.17) is 10.8 Å². The van der Waals surface area contributed by atoms with Crippen LogP contribution < -0.4 is 5.73 Å². The fourth-order valence-corrected chi connectivity index (χ4v) is 2.09.